The first-order valence-corrected chi connectivity index (χ1v) is 9.96. The lowest BCUT2D eigenvalue weighted by molar-refractivity contribution is -0.162. The molecule has 0 saturated carbocycles. The molecule has 1 saturated heterocycles. The second-order valence-electron chi connectivity index (χ2n) is 6.21. The number of carbonyl (C=O) groups is 2. The van der Waals surface area contributed by atoms with Gasteiger partial charge in [0.15, 0.2) is 0 Å². The van der Waals surface area contributed by atoms with Crippen LogP contribution in [0.15, 0.2) is 46.2 Å². The summed E-state index contributed by atoms with van der Waals surface area (Å²) in [5.74, 6) is -0.605. The summed E-state index contributed by atoms with van der Waals surface area (Å²) in [6.07, 6.45) is 4.77. The second-order valence-corrected chi connectivity index (χ2v) is 8.19. The van der Waals surface area contributed by atoms with Gasteiger partial charge in [0.25, 0.3) is 0 Å². The first-order chi connectivity index (χ1) is 12.4. The number of hydrogen-bond acceptors (Lipinski definition) is 6. The molecule has 2 aliphatic heterocycles. The van der Waals surface area contributed by atoms with E-state index in [4.69, 9.17) is 4.74 Å². The minimum atomic E-state index is -0.743. The van der Waals surface area contributed by atoms with Gasteiger partial charge in [0, 0.05) is 33.9 Å². The monoisotopic (exact) mass is 438 g/mol. The lowest BCUT2D eigenvalue weighted by Gasteiger charge is -2.44. The molecule has 0 aromatic carbocycles. The molecule has 3 atom stereocenters. The van der Waals surface area contributed by atoms with Crippen molar-refractivity contribution in [3.05, 3.63) is 51.8 Å². The highest BCUT2D eigenvalue weighted by Gasteiger charge is 2.56. The maximum absolute atomic E-state index is 12.5. The molecule has 26 heavy (non-hydrogen) atoms. The molecule has 0 radical (unpaired) electrons. The Morgan fingerprint density at radius 3 is 3.04 bits per heavy atom. The number of halogens is 1. The van der Waals surface area contributed by atoms with Crippen LogP contribution >= 0.6 is 27.7 Å². The number of fused-ring (bicyclic) bond motifs is 1. The van der Waals surface area contributed by atoms with Crippen LogP contribution in [-0.4, -0.2) is 45.6 Å². The third-order valence-corrected chi connectivity index (χ3v) is 6.01. The third-order valence-electron chi connectivity index (χ3n) is 4.39. The van der Waals surface area contributed by atoms with Gasteiger partial charge in [-0.05, 0) is 34.5 Å². The summed E-state index contributed by atoms with van der Waals surface area (Å²) < 4.78 is 6.05. The largest absolute Gasteiger partial charge is 0.457 e. The molecule has 6 nitrogen and oxygen atoms in total. The van der Waals surface area contributed by atoms with Gasteiger partial charge in [-0.2, -0.15) is 0 Å². The van der Waals surface area contributed by atoms with Crippen molar-refractivity contribution in [1.82, 2.24) is 9.88 Å². The number of ether oxygens (including phenoxy) is 1. The number of aromatic nitrogens is 1. The average Bonchev–Trinajstić information content (AvgIpc) is 2.91. The van der Waals surface area contributed by atoms with Crippen molar-refractivity contribution in [2.45, 2.75) is 31.2 Å². The van der Waals surface area contributed by atoms with Crippen molar-refractivity contribution in [3.8, 4) is 0 Å². The Bertz CT molecular complexity index is 780. The van der Waals surface area contributed by atoms with E-state index in [1.54, 1.807) is 19.3 Å². The molecule has 3 rings (SSSR count). The number of carbonyl (C=O) groups excluding carboxylic acids is 2. The van der Waals surface area contributed by atoms with Crippen molar-refractivity contribution in [3.63, 3.8) is 0 Å². The molecular weight excluding hydrogens is 420 g/mol. The van der Waals surface area contributed by atoms with E-state index in [0.29, 0.717) is 17.9 Å². The zero-order valence-corrected chi connectivity index (χ0v) is 16.6. The van der Waals surface area contributed by atoms with Gasteiger partial charge in [0.1, 0.15) is 12.3 Å². The summed E-state index contributed by atoms with van der Waals surface area (Å²) in [6, 6.07) is 1.78. The molecule has 1 fully saturated rings. The molecule has 1 amide bonds. The van der Waals surface area contributed by atoms with Gasteiger partial charge in [-0.25, -0.2) is 4.79 Å². The van der Waals surface area contributed by atoms with E-state index in [-0.39, 0.29) is 18.6 Å². The topological polar surface area (TPSA) is 79.7 Å². The molecule has 1 aromatic heterocycles. The number of esters is 1. The van der Waals surface area contributed by atoms with Crippen molar-refractivity contribution >= 4 is 39.6 Å². The number of amides is 1. The summed E-state index contributed by atoms with van der Waals surface area (Å²) in [6.45, 7) is 5.23. The van der Waals surface area contributed by atoms with Gasteiger partial charge in [-0.15, -0.1) is 11.8 Å². The van der Waals surface area contributed by atoms with Crippen LogP contribution < -0.4 is 0 Å². The number of rotatable bonds is 7. The fraction of sp³-hybridized carbons (Fsp3) is 0.389. The number of β-lactam (4-membered cyclic amide) rings is 1. The van der Waals surface area contributed by atoms with Gasteiger partial charge in [-0.1, -0.05) is 12.7 Å². The summed E-state index contributed by atoms with van der Waals surface area (Å²) in [7, 11) is 0. The normalized spacial score (nSPS) is 22.7. The molecule has 3 heterocycles. The van der Waals surface area contributed by atoms with E-state index in [2.05, 4.69) is 27.5 Å². The second kappa shape index (κ2) is 7.94. The SMILES string of the molecule is C=CCOC(=O)C1=C(SCc2cncc(Br)c2)C[C@@H]2[C@@H]([C@@H](C)O)C(=O)N12. The Morgan fingerprint density at radius 1 is 1.62 bits per heavy atom. The van der Waals surface area contributed by atoms with E-state index >= 15 is 0 Å². The van der Waals surface area contributed by atoms with Crippen molar-refractivity contribution in [2.24, 2.45) is 5.92 Å². The molecule has 8 heteroatoms. The summed E-state index contributed by atoms with van der Waals surface area (Å²) in [5.41, 5.74) is 1.30. The maximum Gasteiger partial charge on any atom is 0.356 e. The predicted octanol–water partition coefficient (Wildman–Crippen LogP) is 2.63. The van der Waals surface area contributed by atoms with Crippen LogP contribution in [0.5, 0.6) is 0 Å². The number of aliphatic hydroxyl groups is 1. The first kappa shape index (κ1) is 19.1. The van der Waals surface area contributed by atoms with E-state index in [1.807, 2.05) is 6.07 Å². The third kappa shape index (κ3) is 3.58. The van der Waals surface area contributed by atoms with Crippen LogP contribution in [0.2, 0.25) is 0 Å². The predicted molar refractivity (Wildman–Crippen MR) is 102 cm³/mol. The van der Waals surface area contributed by atoms with Crippen molar-refractivity contribution in [1.29, 1.82) is 0 Å². The highest BCUT2D eigenvalue weighted by atomic mass is 79.9. The Morgan fingerprint density at radius 2 is 2.38 bits per heavy atom. The standard InChI is InChI=1S/C18H19BrN2O4S/c1-3-4-25-18(24)16-14(26-9-11-5-12(19)8-20-7-11)6-13-15(10(2)22)17(23)21(13)16/h3,5,7-8,10,13,15,22H,1,4,6,9H2,2H3/t10-,13-,15-/m1/s1. The fourth-order valence-electron chi connectivity index (χ4n) is 3.26. The molecule has 1 N–H and O–H groups in total. The molecule has 0 aliphatic carbocycles. The number of nitrogens with zero attached hydrogens (tertiary/aromatic N) is 2. The Balaban J connectivity index is 1.81. The maximum atomic E-state index is 12.5. The van der Waals surface area contributed by atoms with Crippen LogP contribution in [-0.2, 0) is 20.1 Å². The van der Waals surface area contributed by atoms with Gasteiger partial charge in [-0.3, -0.25) is 9.78 Å². The molecule has 2 aliphatic rings. The highest BCUT2D eigenvalue weighted by Crippen LogP contribution is 2.47. The molecule has 138 valence electrons. The number of aliphatic hydroxyl groups excluding tert-OH is 1. The Kier molecular flexibility index (Phi) is 5.84. The Labute approximate surface area is 164 Å². The molecule has 0 bridgehead atoms. The fourth-order valence-corrected chi connectivity index (χ4v) is 4.78. The van der Waals surface area contributed by atoms with E-state index in [1.165, 1.54) is 22.7 Å². The number of hydrogen-bond donors (Lipinski definition) is 1. The average molecular weight is 439 g/mol. The van der Waals surface area contributed by atoms with Crippen molar-refractivity contribution in [2.75, 3.05) is 6.61 Å². The molecule has 0 unspecified atom stereocenters. The zero-order valence-electron chi connectivity index (χ0n) is 14.2. The number of thioether (sulfide) groups is 1. The molecule has 1 aromatic rings. The van der Waals surface area contributed by atoms with Gasteiger partial charge in [0.2, 0.25) is 5.91 Å². The van der Waals surface area contributed by atoms with Gasteiger partial charge < -0.3 is 14.7 Å². The highest BCUT2D eigenvalue weighted by molar-refractivity contribution is 9.10. The van der Waals surface area contributed by atoms with Crippen LogP contribution in [0.25, 0.3) is 0 Å². The minimum absolute atomic E-state index is 0.0857. The lowest BCUT2D eigenvalue weighted by Crippen LogP contribution is -2.61. The van der Waals surface area contributed by atoms with Gasteiger partial charge >= 0.3 is 5.97 Å². The van der Waals surface area contributed by atoms with Crippen LogP contribution in [0.1, 0.15) is 18.9 Å². The summed E-state index contributed by atoms with van der Waals surface area (Å²) in [4.78, 5) is 31.3. The van der Waals surface area contributed by atoms with Crippen LogP contribution in [0.3, 0.4) is 0 Å². The minimum Gasteiger partial charge on any atom is -0.457 e. The van der Waals surface area contributed by atoms with Gasteiger partial charge in [0.05, 0.1) is 18.1 Å². The smallest absolute Gasteiger partial charge is 0.356 e. The molecular formula is C18H19BrN2O4S. The Hall–Kier alpha value is -1.64. The van der Waals surface area contributed by atoms with Crippen LogP contribution in [0, 0.1) is 5.92 Å². The van der Waals surface area contributed by atoms with Crippen molar-refractivity contribution < 1.29 is 19.4 Å². The lowest BCUT2D eigenvalue weighted by atomic mass is 9.83. The zero-order chi connectivity index (χ0) is 18.8. The summed E-state index contributed by atoms with van der Waals surface area (Å²) >= 11 is 4.89. The quantitative estimate of drug-likeness (QED) is 0.400. The first-order valence-electron chi connectivity index (χ1n) is 8.18. The van der Waals surface area contributed by atoms with E-state index in [0.717, 1.165) is 14.9 Å². The van der Waals surface area contributed by atoms with E-state index < -0.39 is 18.0 Å². The number of pyridine rings is 1. The summed E-state index contributed by atoms with van der Waals surface area (Å²) in [5, 5.41) is 9.86. The van der Waals surface area contributed by atoms with Crippen LogP contribution in [0.4, 0.5) is 0 Å². The molecule has 0 spiro atoms. The van der Waals surface area contributed by atoms with E-state index in [9.17, 15) is 14.7 Å².